The molecule has 1 aliphatic heterocycles. The Labute approximate surface area is 111 Å². The van der Waals surface area contributed by atoms with Crippen LogP contribution in [0.25, 0.3) is 0 Å². The molecule has 0 saturated carbocycles. The zero-order chi connectivity index (χ0) is 10.2. The summed E-state index contributed by atoms with van der Waals surface area (Å²) in [5.41, 5.74) is 1.40. The molecule has 1 aliphatic rings. The molecular formula is C9H10NNaO3S. The summed E-state index contributed by atoms with van der Waals surface area (Å²) in [4.78, 5) is -0.0813. The minimum atomic E-state index is -4.33. The summed E-state index contributed by atoms with van der Waals surface area (Å²) < 4.78 is 32.8. The Morgan fingerprint density at radius 2 is 2.07 bits per heavy atom. The van der Waals surface area contributed by atoms with Crippen molar-refractivity contribution in [2.24, 2.45) is 0 Å². The van der Waals surface area contributed by atoms with Crippen LogP contribution in [0.2, 0.25) is 0 Å². The van der Waals surface area contributed by atoms with Crippen LogP contribution in [0.3, 0.4) is 0 Å². The van der Waals surface area contributed by atoms with Crippen molar-refractivity contribution in [3.63, 3.8) is 0 Å². The number of rotatable bonds is 1. The Balaban J connectivity index is 0.00000112. The second-order valence-corrected chi connectivity index (χ2v) is 4.61. The van der Waals surface area contributed by atoms with Gasteiger partial charge in [0.2, 0.25) is 0 Å². The van der Waals surface area contributed by atoms with Gasteiger partial charge in [-0.15, -0.1) is 0 Å². The molecule has 0 radical (unpaired) electrons. The van der Waals surface area contributed by atoms with Crippen LogP contribution in [-0.2, 0) is 16.5 Å². The monoisotopic (exact) mass is 235 g/mol. The summed E-state index contributed by atoms with van der Waals surface area (Å²) in [6.45, 7) is 0.829. The van der Waals surface area contributed by atoms with Crippen LogP contribution in [0.5, 0.6) is 0 Å². The molecule has 2 rings (SSSR count). The van der Waals surface area contributed by atoms with Crippen LogP contribution in [0.4, 0.5) is 5.69 Å². The van der Waals surface area contributed by atoms with Crippen LogP contribution < -0.4 is 34.9 Å². The first-order valence-electron chi connectivity index (χ1n) is 4.41. The van der Waals surface area contributed by atoms with Crippen molar-refractivity contribution in [3.05, 3.63) is 23.8 Å². The van der Waals surface area contributed by atoms with Gasteiger partial charge in [0.05, 0.1) is 4.90 Å². The quantitative estimate of drug-likeness (QED) is 0.449. The Hall–Kier alpha value is -0.0700. The molecule has 0 atom stereocenters. The SMILES string of the molecule is O=S(=O)([O-])c1cccc2c1CCCN2.[Na+]. The van der Waals surface area contributed by atoms with E-state index in [1.165, 1.54) is 6.07 Å². The molecule has 6 heteroatoms. The number of benzene rings is 1. The fourth-order valence-electron chi connectivity index (χ4n) is 1.71. The zero-order valence-electron chi connectivity index (χ0n) is 8.49. The number of hydrogen-bond acceptors (Lipinski definition) is 4. The van der Waals surface area contributed by atoms with E-state index < -0.39 is 10.1 Å². The molecule has 1 aromatic carbocycles. The summed E-state index contributed by atoms with van der Waals surface area (Å²) >= 11 is 0. The minimum absolute atomic E-state index is 0. The van der Waals surface area contributed by atoms with Gasteiger partial charge in [-0.25, -0.2) is 8.42 Å². The molecule has 76 valence electrons. The second-order valence-electron chi connectivity index (χ2n) is 3.27. The van der Waals surface area contributed by atoms with E-state index in [9.17, 15) is 13.0 Å². The maximum absolute atomic E-state index is 10.9. The van der Waals surface area contributed by atoms with Crippen molar-refractivity contribution in [3.8, 4) is 0 Å². The predicted molar refractivity (Wildman–Crippen MR) is 51.2 cm³/mol. The van der Waals surface area contributed by atoms with Crippen molar-refractivity contribution in [1.29, 1.82) is 0 Å². The molecule has 0 fully saturated rings. The molecule has 1 aromatic rings. The van der Waals surface area contributed by atoms with Crippen LogP contribution in [0.15, 0.2) is 23.1 Å². The number of fused-ring (bicyclic) bond motifs is 1. The normalized spacial score (nSPS) is 14.7. The van der Waals surface area contributed by atoms with Crippen LogP contribution in [0, 0.1) is 0 Å². The molecule has 0 unspecified atom stereocenters. The third-order valence-corrected chi connectivity index (χ3v) is 3.24. The third kappa shape index (κ3) is 2.73. The van der Waals surface area contributed by atoms with E-state index in [0.717, 1.165) is 18.7 Å². The summed E-state index contributed by atoms with van der Waals surface area (Å²) in [5.74, 6) is 0. The molecule has 4 nitrogen and oxygen atoms in total. The van der Waals surface area contributed by atoms with Crippen molar-refractivity contribution in [1.82, 2.24) is 0 Å². The van der Waals surface area contributed by atoms with Gasteiger partial charge >= 0.3 is 29.6 Å². The maximum Gasteiger partial charge on any atom is 1.00 e. The van der Waals surface area contributed by atoms with Crippen molar-refractivity contribution < 1.29 is 42.5 Å². The first-order chi connectivity index (χ1) is 6.59. The molecule has 0 aliphatic carbocycles. The summed E-state index contributed by atoms with van der Waals surface area (Å²) in [5, 5.41) is 3.07. The summed E-state index contributed by atoms with van der Waals surface area (Å²) in [6.07, 6.45) is 1.51. The molecule has 0 aromatic heterocycles. The Kier molecular flexibility index (Phi) is 4.20. The van der Waals surface area contributed by atoms with Gasteiger partial charge in [0.1, 0.15) is 10.1 Å². The van der Waals surface area contributed by atoms with Crippen LogP contribution >= 0.6 is 0 Å². The molecule has 0 bridgehead atoms. The fourth-order valence-corrected chi connectivity index (χ4v) is 2.47. The van der Waals surface area contributed by atoms with Gasteiger partial charge in [0, 0.05) is 12.2 Å². The zero-order valence-corrected chi connectivity index (χ0v) is 11.3. The smallest absolute Gasteiger partial charge is 0.744 e. The summed E-state index contributed by atoms with van der Waals surface area (Å²) in [6, 6.07) is 4.75. The van der Waals surface area contributed by atoms with E-state index >= 15 is 0 Å². The van der Waals surface area contributed by atoms with Crippen molar-refractivity contribution in [2.45, 2.75) is 17.7 Å². The standard InChI is InChI=1S/C9H11NO3S.Na/c11-14(12,13)9-5-1-4-8-7(9)3-2-6-10-8;/h1,4-5,10H,2-3,6H2,(H,11,12,13);/q;+1/p-1. The van der Waals surface area contributed by atoms with Crippen molar-refractivity contribution in [2.75, 3.05) is 11.9 Å². The number of hydrogen-bond donors (Lipinski definition) is 1. The van der Waals surface area contributed by atoms with Gasteiger partial charge in [-0.2, -0.15) is 0 Å². The predicted octanol–water partition coefficient (Wildman–Crippen LogP) is -2.05. The van der Waals surface area contributed by atoms with Gasteiger partial charge in [0.15, 0.2) is 0 Å². The first kappa shape index (κ1) is 13.0. The van der Waals surface area contributed by atoms with Gasteiger partial charge in [-0.05, 0) is 30.5 Å². The molecule has 0 saturated heterocycles. The van der Waals surface area contributed by atoms with Crippen LogP contribution in [0.1, 0.15) is 12.0 Å². The topological polar surface area (TPSA) is 69.2 Å². The Bertz CT molecular complexity index is 458. The molecular weight excluding hydrogens is 225 g/mol. The minimum Gasteiger partial charge on any atom is -0.744 e. The van der Waals surface area contributed by atoms with E-state index in [-0.39, 0.29) is 34.5 Å². The fraction of sp³-hybridized carbons (Fsp3) is 0.333. The average molecular weight is 235 g/mol. The van der Waals surface area contributed by atoms with E-state index in [0.29, 0.717) is 12.0 Å². The molecule has 1 N–H and O–H groups in total. The largest absolute Gasteiger partial charge is 1.00 e. The molecule has 15 heavy (non-hydrogen) atoms. The maximum atomic E-state index is 10.9. The second kappa shape index (κ2) is 4.84. The average Bonchev–Trinajstić information content (AvgIpc) is 2.15. The Morgan fingerprint density at radius 3 is 2.73 bits per heavy atom. The van der Waals surface area contributed by atoms with Gasteiger partial charge in [-0.3, -0.25) is 0 Å². The summed E-state index contributed by atoms with van der Waals surface area (Å²) in [7, 11) is -4.33. The molecule has 0 amide bonds. The van der Waals surface area contributed by atoms with Gasteiger partial charge in [0.25, 0.3) is 0 Å². The number of anilines is 1. The first-order valence-corrected chi connectivity index (χ1v) is 5.81. The molecule has 0 spiro atoms. The van der Waals surface area contributed by atoms with E-state index in [1.807, 2.05) is 0 Å². The van der Waals surface area contributed by atoms with E-state index in [2.05, 4.69) is 5.32 Å². The molecule has 1 heterocycles. The van der Waals surface area contributed by atoms with E-state index in [1.54, 1.807) is 12.1 Å². The van der Waals surface area contributed by atoms with E-state index in [4.69, 9.17) is 0 Å². The number of nitrogens with one attached hydrogen (secondary N) is 1. The Morgan fingerprint density at radius 1 is 1.33 bits per heavy atom. The van der Waals surface area contributed by atoms with Crippen LogP contribution in [-0.4, -0.2) is 19.5 Å². The van der Waals surface area contributed by atoms with Crippen molar-refractivity contribution >= 4 is 15.8 Å². The van der Waals surface area contributed by atoms with Gasteiger partial charge < -0.3 is 9.87 Å². The van der Waals surface area contributed by atoms with Gasteiger partial charge in [-0.1, -0.05) is 6.07 Å². The third-order valence-electron chi connectivity index (χ3n) is 2.32.